The molecule has 0 saturated carbocycles. The Morgan fingerprint density at radius 1 is 0.543 bits per heavy atom. The van der Waals surface area contributed by atoms with Gasteiger partial charge in [0.1, 0.15) is 11.5 Å². The molecule has 0 heterocycles. The molecule has 176 valence electrons. The van der Waals surface area contributed by atoms with Gasteiger partial charge in [-0.3, -0.25) is 10.6 Å². The molecule has 0 unspecified atom stereocenters. The number of ether oxygens (including phenoxy) is 2. The van der Waals surface area contributed by atoms with Gasteiger partial charge >= 0.3 is 12.2 Å². The largest absolute Gasteiger partial charge is 0.417 e. The average Bonchev–Trinajstić information content (AvgIpc) is 2.84. The SMILES string of the molecule is Cc1ccc(OC(=O)Nc2ccc(Cc3ccc(NC(=O)Oc4ccc(C)cc4)cc3)cc2)cc1. The molecule has 0 saturated heterocycles. The number of hydrogen-bond donors (Lipinski definition) is 2. The normalized spacial score (nSPS) is 10.3. The molecule has 6 heteroatoms. The molecule has 0 spiro atoms. The van der Waals surface area contributed by atoms with Crippen LogP contribution < -0.4 is 20.1 Å². The first-order valence-electron chi connectivity index (χ1n) is 11.2. The lowest BCUT2D eigenvalue weighted by molar-refractivity contribution is 0.214. The smallest absolute Gasteiger partial charge is 0.410 e. The van der Waals surface area contributed by atoms with Gasteiger partial charge in [0.15, 0.2) is 0 Å². The van der Waals surface area contributed by atoms with Crippen LogP contribution in [0.2, 0.25) is 0 Å². The molecule has 0 aromatic heterocycles. The van der Waals surface area contributed by atoms with Crippen LogP contribution in [-0.2, 0) is 6.42 Å². The van der Waals surface area contributed by atoms with Crippen molar-refractivity contribution in [1.29, 1.82) is 0 Å². The lowest BCUT2D eigenvalue weighted by atomic mass is 10.0. The van der Waals surface area contributed by atoms with Gasteiger partial charge in [-0.2, -0.15) is 0 Å². The molecule has 6 nitrogen and oxygen atoms in total. The molecule has 0 radical (unpaired) electrons. The number of benzene rings is 4. The van der Waals surface area contributed by atoms with Crippen molar-refractivity contribution in [1.82, 2.24) is 0 Å². The third-order valence-corrected chi connectivity index (χ3v) is 5.27. The highest BCUT2D eigenvalue weighted by Crippen LogP contribution is 2.18. The predicted octanol–water partition coefficient (Wildman–Crippen LogP) is 7.12. The Hall–Kier alpha value is -4.58. The van der Waals surface area contributed by atoms with Crippen LogP contribution in [0.1, 0.15) is 22.3 Å². The summed E-state index contributed by atoms with van der Waals surface area (Å²) in [6.45, 7) is 3.95. The number of nitrogens with one attached hydrogen (secondary N) is 2. The number of aryl methyl sites for hydroxylation is 2. The van der Waals surface area contributed by atoms with E-state index in [1.807, 2.05) is 86.6 Å². The van der Waals surface area contributed by atoms with Crippen molar-refractivity contribution in [3.05, 3.63) is 119 Å². The number of amides is 2. The van der Waals surface area contributed by atoms with Gasteiger partial charge < -0.3 is 9.47 Å². The summed E-state index contributed by atoms with van der Waals surface area (Å²) in [5.41, 5.74) is 5.67. The first kappa shape index (κ1) is 23.6. The van der Waals surface area contributed by atoms with E-state index in [-0.39, 0.29) is 0 Å². The maximum Gasteiger partial charge on any atom is 0.417 e. The first-order chi connectivity index (χ1) is 16.9. The quantitative estimate of drug-likeness (QED) is 0.317. The number of rotatable bonds is 6. The van der Waals surface area contributed by atoms with E-state index in [0.717, 1.165) is 22.3 Å². The molecule has 0 bridgehead atoms. The van der Waals surface area contributed by atoms with Gasteiger partial charge in [-0.1, -0.05) is 59.7 Å². The van der Waals surface area contributed by atoms with Crippen LogP contribution >= 0.6 is 0 Å². The lowest BCUT2D eigenvalue weighted by Crippen LogP contribution is -2.16. The zero-order valence-corrected chi connectivity index (χ0v) is 19.6. The minimum absolute atomic E-state index is 0.492. The summed E-state index contributed by atoms with van der Waals surface area (Å²) in [4.78, 5) is 24.2. The molecule has 0 aliphatic carbocycles. The van der Waals surface area contributed by atoms with Gasteiger partial charge in [-0.25, -0.2) is 9.59 Å². The Balaban J connectivity index is 1.26. The standard InChI is InChI=1S/C29H26N2O4/c1-20-3-15-26(16-4-20)34-28(32)30-24-11-7-22(8-12-24)19-23-9-13-25(14-10-23)31-29(33)35-27-17-5-21(2)6-18-27/h3-18H,19H2,1-2H3,(H,30,32)(H,31,33). The molecule has 4 aromatic carbocycles. The Morgan fingerprint density at radius 2 is 0.886 bits per heavy atom. The van der Waals surface area contributed by atoms with Crippen molar-refractivity contribution in [3.63, 3.8) is 0 Å². The molecule has 2 amide bonds. The number of carbonyl (C=O) groups excluding carboxylic acids is 2. The molecule has 4 aromatic rings. The van der Waals surface area contributed by atoms with E-state index in [0.29, 0.717) is 29.3 Å². The van der Waals surface area contributed by atoms with E-state index < -0.39 is 12.2 Å². The summed E-state index contributed by atoms with van der Waals surface area (Å²) in [5.74, 6) is 0.983. The van der Waals surface area contributed by atoms with Crippen LogP contribution in [0.25, 0.3) is 0 Å². The van der Waals surface area contributed by atoms with Crippen molar-refractivity contribution in [2.75, 3.05) is 10.6 Å². The number of hydrogen-bond acceptors (Lipinski definition) is 4. The second kappa shape index (κ2) is 11.0. The second-order valence-electron chi connectivity index (χ2n) is 8.23. The Bertz CT molecular complexity index is 1180. The van der Waals surface area contributed by atoms with E-state index in [2.05, 4.69) is 10.6 Å². The third kappa shape index (κ3) is 7.20. The van der Waals surface area contributed by atoms with Gasteiger partial charge in [-0.15, -0.1) is 0 Å². The van der Waals surface area contributed by atoms with Gasteiger partial charge in [0.25, 0.3) is 0 Å². The fraction of sp³-hybridized carbons (Fsp3) is 0.103. The lowest BCUT2D eigenvalue weighted by Gasteiger charge is -2.09. The monoisotopic (exact) mass is 466 g/mol. The van der Waals surface area contributed by atoms with Crippen molar-refractivity contribution in [2.45, 2.75) is 20.3 Å². The van der Waals surface area contributed by atoms with Crippen molar-refractivity contribution >= 4 is 23.6 Å². The summed E-state index contributed by atoms with van der Waals surface area (Å²) in [7, 11) is 0. The molecule has 0 fully saturated rings. The van der Waals surface area contributed by atoms with Crippen LogP contribution in [0.3, 0.4) is 0 Å². The predicted molar refractivity (Wildman–Crippen MR) is 137 cm³/mol. The van der Waals surface area contributed by atoms with Gasteiger partial charge in [0.05, 0.1) is 0 Å². The maximum absolute atomic E-state index is 12.1. The molecule has 0 aliphatic heterocycles. The van der Waals surface area contributed by atoms with Crippen LogP contribution in [-0.4, -0.2) is 12.2 Å². The van der Waals surface area contributed by atoms with Crippen molar-refractivity contribution in [2.24, 2.45) is 0 Å². The molecule has 0 atom stereocenters. The van der Waals surface area contributed by atoms with Crippen LogP contribution in [0.4, 0.5) is 21.0 Å². The third-order valence-electron chi connectivity index (χ3n) is 5.27. The van der Waals surface area contributed by atoms with Crippen LogP contribution in [0, 0.1) is 13.8 Å². The average molecular weight is 467 g/mol. The minimum Gasteiger partial charge on any atom is -0.410 e. The van der Waals surface area contributed by atoms with Crippen LogP contribution in [0.5, 0.6) is 11.5 Å². The van der Waals surface area contributed by atoms with Crippen molar-refractivity contribution < 1.29 is 19.1 Å². The van der Waals surface area contributed by atoms with Crippen LogP contribution in [0.15, 0.2) is 97.1 Å². The Labute approximate surface area is 204 Å². The highest BCUT2D eigenvalue weighted by Gasteiger charge is 2.07. The van der Waals surface area contributed by atoms with E-state index in [4.69, 9.17) is 9.47 Å². The Kier molecular flexibility index (Phi) is 7.43. The van der Waals surface area contributed by atoms with Gasteiger partial charge in [-0.05, 0) is 79.9 Å². The van der Waals surface area contributed by atoms with Gasteiger partial charge in [0.2, 0.25) is 0 Å². The molecular weight excluding hydrogens is 440 g/mol. The number of carbonyl (C=O) groups is 2. The van der Waals surface area contributed by atoms with E-state index in [1.54, 1.807) is 24.3 Å². The highest BCUT2D eigenvalue weighted by molar-refractivity contribution is 5.87. The molecular formula is C29H26N2O4. The zero-order valence-electron chi connectivity index (χ0n) is 19.6. The number of anilines is 2. The molecule has 4 rings (SSSR count). The first-order valence-corrected chi connectivity index (χ1v) is 11.2. The van der Waals surface area contributed by atoms with Crippen molar-refractivity contribution in [3.8, 4) is 11.5 Å². The van der Waals surface area contributed by atoms with Gasteiger partial charge in [0, 0.05) is 11.4 Å². The second-order valence-corrected chi connectivity index (χ2v) is 8.23. The summed E-state index contributed by atoms with van der Waals surface area (Å²) in [6, 6.07) is 29.7. The molecule has 2 N–H and O–H groups in total. The fourth-order valence-electron chi connectivity index (χ4n) is 3.36. The minimum atomic E-state index is -0.536. The topological polar surface area (TPSA) is 76.7 Å². The molecule has 0 aliphatic rings. The fourth-order valence-corrected chi connectivity index (χ4v) is 3.36. The summed E-state index contributed by atoms with van der Waals surface area (Å²) in [5, 5.41) is 5.46. The summed E-state index contributed by atoms with van der Waals surface area (Å²) >= 11 is 0. The van der Waals surface area contributed by atoms with E-state index in [9.17, 15) is 9.59 Å². The summed E-state index contributed by atoms with van der Waals surface area (Å²) < 4.78 is 10.6. The zero-order chi connectivity index (χ0) is 24.6. The highest BCUT2D eigenvalue weighted by atomic mass is 16.6. The summed E-state index contributed by atoms with van der Waals surface area (Å²) in [6.07, 6.45) is -0.362. The maximum atomic E-state index is 12.1. The Morgan fingerprint density at radius 3 is 1.23 bits per heavy atom. The molecule has 35 heavy (non-hydrogen) atoms. The van der Waals surface area contributed by atoms with E-state index in [1.165, 1.54) is 0 Å². The van der Waals surface area contributed by atoms with E-state index >= 15 is 0 Å².